The Hall–Kier alpha value is -3.19. The zero-order chi connectivity index (χ0) is 19.5. The molecule has 0 atom stereocenters. The van der Waals surface area contributed by atoms with Crippen LogP contribution in [0.2, 0.25) is 0 Å². The molecule has 1 heterocycles. The Morgan fingerprint density at radius 3 is 2.79 bits per heavy atom. The Labute approximate surface area is 167 Å². The van der Waals surface area contributed by atoms with Gasteiger partial charge in [-0.2, -0.15) is 4.68 Å². The fourth-order valence-corrected chi connectivity index (χ4v) is 3.68. The number of carbonyl (C=O) groups is 1. The number of anilines is 1. The maximum atomic E-state index is 12.4. The molecule has 0 unspecified atom stereocenters. The minimum atomic E-state index is -0.0915. The lowest BCUT2D eigenvalue weighted by Gasteiger charge is -2.10. The molecular formula is C21H19N5OS. The van der Waals surface area contributed by atoms with Crippen LogP contribution in [0.25, 0.3) is 16.5 Å². The molecule has 0 radical (unpaired) electrons. The number of hydrogen-bond acceptors (Lipinski definition) is 5. The molecule has 140 valence electrons. The minimum absolute atomic E-state index is 0.0915. The van der Waals surface area contributed by atoms with E-state index in [1.54, 1.807) is 4.68 Å². The SMILES string of the molecule is Cc1ccc(C)c(NC(=O)CSc2nnnn2-c2cccc3ccccc23)c1. The fraction of sp³-hybridized carbons (Fsp3) is 0.143. The highest BCUT2D eigenvalue weighted by atomic mass is 32.2. The lowest BCUT2D eigenvalue weighted by atomic mass is 10.1. The van der Waals surface area contributed by atoms with E-state index >= 15 is 0 Å². The number of tetrazole rings is 1. The predicted molar refractivity (Wildman–Crippen MR) is 112 cm³/mol. The van der Waals surface area contributed by atoms with Gasteiger partial charge in [-0.3, -0.25) is 4.79 Å². The van der Waals surface area contributed by atoms with Crippen LogP contribution in [0.15, 0.2) is 65.8 Å². The van der Waals surface area contributed by atoms with Crippen molar-refractivity contribution in [3.8, 4) is 5.69 Å². The van der Waals surface area contributed by atoms with Crippen LogP contribution in [0.4, 0.5) is 5.69 Å². The van der Waals surface area contributed by atoms with Gasteiger partial charge < -0.3 is 5.32 Å². The molecule has 1 aromatic heterocycles. The predicted octanol–water partition coefficient (Wildman–Crippen LogP) is 4.16. The lowest BCUT2D eigenvalue weighted by Crippen LogP contribution is -2.15. The summed E-state index contributed by atoms with van der Waals surface area (Å²) >= 11 is 1.31. The van der Waals surface area contributed by atoms with Crippen molar-refractivity contribution in [3.05, 3.63) is 71.8 Å². The normalized spacial score (nSPS) is 10.9. The van der Waals surface area contributed by atoms with Crippen LogP contribution in [0, 0.1) is 13.8 Å². The number of thioether (sulfide) groups is 1. The van der Waals surface area contributed by atoms with Crippen molar-refractivity contribution in [2.24, 2.45) is 0 Å². The van der Waals surface area contributed by atoms with Gasteiger partial charge in [0.1, 0.15) is 0 Å². The first-order chi connectivity index (χ1) is 13.6. The van der Waals surface area contributed by atoms with Crippen LogP contribution in [-0.2, 0) is 4.79 Å². The molecule has 7 heteroatoms. The molecule has 0 saturated carbocycles. The molecule has 0 aliphatic carbocycles. The van der Waals surface area contributed by atoms with Crippen LogP contribution in [-0.4, -0.2) is 31.9 Å². The summed E-state index contributed by atoms with van der Waals surface area (Å²) in [6.45, 7) is 3.98. The average molecular weight is 389 g/mol. The van der Waals surface area contributed by atoms with E-state index in [0.29, 0.717) is 5.16 Å². The summed E-state index contributed by atoms with van der Waals surface area (Å²) in [5.74, 6) is 0.129. The molecule has 0 aliphatic heterocycles. The first-order valence-electron chi connectivity index (χ1n) is 8.88. The molecule has 4 rings (SSSR count). The van der Waals surface area contributed by atoms with E-state index in [9.17, 15) is 4.79 Å². The van der Waals surface area contributed by atoms with Gasteiger partial charge in [0.15, 0.2) is 0 Å². The van der Waals surface area contributed by atoms with E-state index in [0.717, 1.165) is 33.3 Å². The molecule has 0 spiro atoms. The second-order valence-corrected chi connectivity index (χ2v) is 7.47. The minimum Gasteiger partial charge on any atom is -0.325 e. The number of carbonyl (C=O) groups excluding carboxylic acids is 1. The Balaban J connectivity index is 1.52. The molecule has 28 heavy (non-hydrogen) atoms. The van der Waals surface area contributed by atoms with Gasteiger partial charge in [-0.1, -0.05) is 60.3 Å². The summed E-state index contributed by atoms with van der Waals surface area (Å²) in [6.07, 6.45) is 0. The second-order valence-electron chi connectivity index (χ2n) is 6.53. The van der Waals surface area contributed by atoms with Gasteiger partial charge in [0.2, 0.25) is 11.1 Å². The van der Waals surface area contributed by atoms with Gasteiger partial charge in [0.05, 0.1) is 11.4 Å². The number of fused-ring (bicyclic) bond motifs is 1. The summed E-state index contributed by atoms with van der Waals surface area (Å²) < 4.78 is 1.68. The number of amides is 1. The molecule has 6 nitrogen and oxygen atoms in total. The van der Waals surface area contributed by atoms with Gasteiger partial charge in [0, 0.05) is 11.1 Å². The van der Waals surface area contributed by atoms with Gasteiger partial charge in [-0.05, 0) is 52.9 Å². The summed E-state index contributed by atoms with van der Waals surface area (Å²) in [4.78, 5) is 12.4. The average Bonchev–Trinajstić information content (AvgIpc) is 3.17. The molecular weight excluding hydrogens is 370 g/mol. The van der Waals surface area contributed by atoms with Crippen LogP contribution in [0.1, 0.15) is 11.1 Å². The van der Waals surface area contributed by atoms with E-state index in [1.807, 2.05) is 74.5 Å². The van der Waals surface area contributed by atoms with E-state index in [1.165, 1.54) is 11.8 Å². The van der Waals surface area contributed by atoms with Gasteiger partial charge >= 0.3 is 0 Å². The molecule has 0 bridgehead atoms. The van der Waals surface area contributed by atoms with Crippen molar-refractivity contribution in [2.45, 2.75) is 19.0 Å². The maximum Gasteiger partial charge on any atom is 0.234 e. The topological polar surface area (TPSA) is 72.7 Å². The number of benzene rings is 3. The smallest absolute Gasteiger partial charge is 0.234 e. The summed E-state index contributed by atoms with van der Waals surface area (Å²) in [5, 5.41) is 17.7. The van der Waals surface area contributed by atoms with Gasteiger partial charge in [-0.25, -0.2) is 0 Å². The highest BCUT2D eigenvalue weighted by Gasteiger charge is 2.14. The quantitative estimate of drug-likeness (QED) is 0.519. The Morgan fingerprint density at radius 2 is 1.89 bits per heavy atom. The highest BCUT2D eigenvalue weighted by Crippen LogP contribution is 2.25. The summed E-state index contributed by atoms with van der Waals surface area (Å²) in [5.41, 5.74) is 3.86. The van der Waals surface area contributed by atoms with Crippen molar-refractivity contribution >= 4 is 34.1 Å². The zero-order valence-corrected chi connectivity index (χ0v) is 16.4. The third-order valence-electron chi connectivity index (χ3n) is 4.44. The molecule has 4 aromatic rings. The number of nitrogens with zero attached hydrogens (tertiary/aromatic N) is 4. The van der Waals surface area contributed by atoms with E-state index in [4.69, 9.17) is 0 Å². The summed E-state index contributed by atoms with van der Waals surface area (Å²) in [6, 6.07) is 20.1. The number of aryl methyl sites for hydroxylation is 2. The van der Waals surface area contributed by atoms with Crippen molar-refractivity contribution in [3.63, 3.8) is 0 Å². The van der Waals surface area contributed by atoms with Gasteiger partial charge in [0.25, 0.3) is 0 Å². The molecule has 0 fully saturated rings. The number of rotatable bonds is 5. The molecule has 0 aliphatic rings. The van der Waals surface area contributed by atoms with Crippen LogP contribution in [0.3, 0.4) is 0 Å². The summed E-state index contributed by atoms with van der Waals surface area (Å²) in [7, 11) is 0. The first-order valence-corrected chi connectivity index (χ1v) is 9.87. The molecule has 0 saturated heterocycles. The van der Waals surface area contributed by atoms with Crippen molar-refractivity contribution < 1.29 is 4.79 Å². The lowest BCUT2D eigenvalue weighted by molar-refractivity contribution is -0.113. The monoisotopic (exact) mass is 389 g/mol. The standard InChI is InChI=1S/C21H19N5OS/c1-14-10-11-15(2)18(12-14)22-20(27)13-28-21-23-24-25-26(21)19-9-5-7-16-6-3-4-8-17(16)19/h3-12H,13H2,1-2H3,(H,22,27). The molecule has 3 aromatic carbocycles. The Kier molecular flexibility index (Phi) is 5.08. The first kappa shape index (κ1) is 18.2. The molecule has 1 amide bonds. The fourth-order valence-electron chi connectivity index (χ4n) is 3.00. The van der Waals surface area contributed by atoms with E-state index in [2.05, 4.69) is 20.8 Å². The maximum absolute atomic E-state index is 12.4. The van der Waals surface area contributed by atoms with Gasteiger partial charge in [-0.15, -0.1) is 5.10 Å². The third kappa shape index (κ3) is 3.75. The second kappa shape index (κ2) is 7.82. The number of nitrogens with one attached hydrogen (secondary N) is 1. The number of aromatic nitrogens is 4. The third-order valence-corrected chi connectivity index (χ3v) is 5.35. The molecule has 1 N–H and O–H groups in total. The van der Waals surface area contributed by atoms with Crippen molar-refractivity contribution in [2.75, 3.05) is 11.1 Å². The zero-order valence-electron chi connectivity index (χ0n) is 15.6. The van der Waals surface area contributed by atoms with Crippen molar-refractivity contribution in [1.29, 1.82) is 0 Å². The Bertz CT molecular complexity index is 1150. The Morgan fingerprint density at radius 1 is 1.07 bits per heavy atom. The van der Waals surface area contributed by atoms with Crippen molar-refractivity contribution in [1.82, 2.24) is 20.2 Å². The largest absolute Gasteiger partial charge is 0.325 e. The van der Waals surface area contributed by atoms with Crippen LogP contribution < -0.4 is 5.32 Å². The van der Waals surface area contributed by atoms with Crippen LogP contribution >= 0.6 is 11.8 Å². The van der Waals surface area contributed by atoms with E-state index < -0.39 is 0 Å². The van der Waals surface area contributed by atoms with Crippen LogP contribution in [0.5, 0.6) is 0 Å². The highest BCUT2D eigenvalue weighted by molar-refractivity contribution is 7.99. The van der Waals surface area contributed by atoms with E-state index in [-0.39, 0.29) is 11.7 Å². The number of hydrogen-bond donors (Lipinski definition) is 1.